The molecule has 0 radical (unpaired) electrons. The number of carbonyl (C=O) groups is 1. The highest BCUT2D eigenvalue weighted by atomic mass is 16.5. The first-order valence-electron chi connectivity index (χ1n) is 9.25. The molecule has 3 atom stereocenters. The van der Waals surface area contributed by atoms with E-state index in [1.54, 1.807) is 0 Å². The monoisotopic (exact) mass is 341 g/mol. The molecule has 25 heavy (non-hydrogen) atoms. The van der Waals surface area contributed by atoms with Gasteiger partial charge in [0.15, 0.2) is 0 Å². The van der Waals surface area contributed by atoms with Crippen molar-refractivity contribution in [2.45, 2.75) is 45.6 Å². The van der Waals surface area contributed by atoms with Crippen LogP contribution < -0.4 is 4.90 Å². The first kappa shape index (κ1) is 15.1. The average Bonchev–Trinajstić information content (AvgIpc) is 2.96. The van der Waals surface area contributed by atoms with Gasteiger partial charge in [0.1, 0.15) is 17.0 Å². The second kappa shape index (κ2) is 5.41. The molecule has 1 amide bonds. The number of fused-ring (bicyclic) bond motifs is 5. The Balaban J connectivity index is 1.51. The van der Waals surface area contributed by atoms with Gasteiger partial charge in [-0.15, -0.1) is 0 Å². The van der Waals surface area contributed by atoms with E-state index >= 15 is 0 Å². The van der Waals surface area contributed by atoms with Crippen molar-refractivity contribution in [2.75, 3.05) is 24.5 Å². The van der Waals surface area contributed by atoms with Crippen molar-refractivity contribution in [2.24, 2.45) is 11.8 Å². The molecule has 3 aliphatic heterocycles. The molecule has 0 saturated carbocycles. The first-order valence-corrected chi connectivity index (χ1v) is 9.25. The predicted molar refractivity (Wildman–Crippen MR) is 92.2 cm³/mol. The number of aryl methyl sites for hydroxylation is 2. The minimum absolute atomic E-state index is 0.356. The highest BCUT2D eigenvalue weighted by molar-refractivity contribution is 5.88. The van der Waals surface area contributed by atoms with Crippen molar-refractivity contribution in [3.8, 4) is 0 Å². The van der Waals surface area contributed by atoms with Gasteiger partial charge >= 0.3 is 0 Å². The summed E-state index contributed by atoms with van der Waals surface area (Å²) < 4.78 is 5.37. The summed E-state index contributed by atoms with van der Waals surface area (Å²) in [5, 5.41) is 5.02. The smallest absolute Gasteiger partial charge is 0.263 e. The van der Waals surface area contributed by atoms with Gasteiger partial charge in [0.05, 0.1) is 5.69 Å². The fraction of sp³-hybridized carbons (Fsp3) is 0.667. The molecule has 2 aromatic rings. The Morgan fingerprint density at radius 1 is 1.16 bits per heavy atom. The van der Waals surface area contributed by atoms with Crippen LogP contribution in [-0.4, -0.2) is 51.6 Å². The summed E-state index contributed by atoms with van der Waals surface area (Å²) in [6.45, 7) is 6.62. The fourth-order valence-corrected chi connectivity index (χ4v) is 5.08. The zero-order chi connectivity index (χ0) is 17.1. The van der Waals surface area contributed by atoms with Crippen molar-refractivity contribution in [3.05, 3.63) is 11.5 Å². The van der Waals surface area contributed by atoms with E-state index in [2.05, 4.69) is 19.9 Å². The lowest BCUT2D eigenvalue weighted by Gasteiger charge is -2.52. The number of nitrogens with zero attached hydrogens (tertiary/aromatic N) is 5. The van der Waals surface area contributed by atoms with Gasteiger partial charge in [-0.1, -0.05) is 5.16 Å². The van der Waals surface area contributed by atoms with Gasteiger partial charge in [-0.05, 0) is 44.9 Å². The Labute approximate surface area is 146 Å². The topological polar surface area (TPSA) is 75.4 Å². The van der Waals surface area contributed by atoms with Crippen molar-refractivity contribution in [1.82, 2.24) is 20.0 Å². The maximum atomic E-state index is 12.3. The Hall–Kier alpha value is -2.18. The summed E-state index contributed by atoms with van der Waals surface area (Å²) >= 11 is 0. The summed E-state index contributed by atoms with van der Waals surface area (Å²) in [6, 6.07) is 0.405. The van der Waals surface area contributed by atoms with Crippen LogP contribution in [0, 0.1) is 25.7 Å². The molecule has 0 aromatic carbocycles. The molecule has 2 bridgehead atoms. The number of anilines is 1. The fourth-order valence-electron chi connectivity index (χ4n) is 5.08. The second-order valence-corrected chi connectivity index (χ2v) is 7.82. The highest BCUT2D eigenvalue weighted by Crippen LogP contribution is 2.40. The van der Waals surface area contributed by atoms with Gasteiger partial charge in [-0.2, -0.15) is 4.98 Å². The molecule has 5 rings (SSSR count). The number of hydrogen-bond donors (Lipinski definition) is 0. The summed E-state index contributed by atoms with van der Waals surface area (Å²) in [5.74, 6) is 3.06. The Morgan fingerprint density at radius 3 is 2.92 bits per heavy atom. The third-order valence-corrected chi connectivity index (χ3v) is 6.08. The third kappa shape index (κ3) is 2.32. The van der Waals surface area contributed by atoms with E-state index in [4.69, 9.17) is 9.51 Å². The second-order valence-electron chi connectivity index (χ2n) is 7.82. The van der Waals surface area contributed by atoms with Crippen LogP contribution in [0.15, 0.2) is 4.52 Å². The molecule has 0 spiro atoms. The largest absolute Gasteiger partial charge is 0.355 e. The zero-order valence-electron chi connectivity index (χ0n) is 14.7. The Bertz CT molecular complexity index is 847. The molecule has 7 nitrogen and oxygen atoms in total. The van der Waals surface area contributed by atoms with E-state index in [0.29, 0.717) is 35.3 Å². The van der Waals surface area contributed by atoms with Crippen molar-refractivity contribution >= 4 is 22.8 Å². The number of carbonyl (C=O) groups excluding carboxylic acids is 1. The van der Waals surface area contributed by atoms with Crippen LogP contribution in [0.3, 0.4) is 0 Å². The molecule has 0 aliphatic carbocycles. The van der Waals surface area contributed by atoms with E-state index in [-0.39, 0.29) is 0 Å². The lowest BCUT2D eigenvalue weighted by atomic mass is 9.76. The minimum Gasteiger partial charge on any atom is -0.355 e. The van der Waals surface area contributed by atoms with Crippen LogP contribution in [-0.2, 0) is 4.79 Å². The third-order valence-electron chi connectivity index (χ3n) is 6.08. The van der Waals surface area contributed by atoms with Crippen LogP contribution in [0.1, 0.15) is 37.2 Å². The SMILES string of the molecule is Cc1nc(N2C[C@H]3C[C@@H](C2)[C@@H]2CCCC(=O)N2C3)c2c(C)noc2n1. The summed E-state index contributed by atoms with van der Waals surface area (Å²) in [7, 11) is 0. The molecule has 3 saturated heterocycles. The summed E-state index contributed by atoms with van der Waals surface area (Å²) in [4.78, 5) is 26.0. The van der Waals surface area contributed by atoms with Gasteiger partial charge < -0.3 is 14.3 Å². The molecular formula is C18H23N5O2. The molecule has 3 fully saturated rings. The van der Waals surface area contributed by atoms with Gasteiger partial charge in [-0.25, -0.2) is 4.98 Å². The normalized spacial score (nSPS) is 29.2. The maximum Gasteiger partial charge on any atom is 0.263 e. The average molecular weight is 341 g/mol. The molecule has 0 N–H and O–H groups in total. The van der Waals surface area contributed by atoms with E-state index in [1.165, 1.54) is 6.42 Å². The lowest BCUT2D eigenvalue weighted by Crippen LogP contribution is -2.60. The van der Waals surface area contributed by atoms with Gasteiger partial charge in [0.2, 0.25) is 5.91 Å². The number of hydrogen-bond acceptors (Lipinski definition) is 6. The summed E-state index contributed by atoms with van der Waals surface area (Å²) in [6.07, 6.45) is 4.12. The quantitative estimate of drug-likeness (QED) is 0.790. The van der Waals surface area contributed by atoms with Crippen LogP contribution in [0.4, 0.5) is 5.82 Å². The van der Waals surface area contributed by atoms with Crippen molar-refractivity contribution < 1.29 is 9.32 Å². The van der Waals surface area contributed by atoms with Gasteiger partial charge in [-0.3, -0.25) is 4.79 Å². The van der Waals surface area contributed by atoms with E-state index in [1.807, 2.05) is 13.8 Å². The molecule has 7 heteroatoms. The molecule has 0 unspecified atom stereocenters. The van der Waals surface area contributed by atoms with Crippen molar-refractivity contribution in [1.29, 1.82) is 0 Å². The highest BCUT2D eigenvalue weighted by Gasteiger charge is 2.44. The number of piperidine rings is 3. The Morgan fingerprint density at radius 2 is 2.04 bits per heavy atom. The molecule has 3 aliphatic rings. The lowest BCUT2D eigenvalue weighted by molar-refractivity contribution is -0.142. The van der Waals surface area contributed by atoms with Crippen LogP contribution in [0.2, 0.25) is 0 Å². The van der Waals surface area contributed by atoms with Crippen molar-refractivity contribution in [3.63, 3.8) is 0 Å². The van der Waals surface area contributed by atoms with Crippen LogP contribution in [0.5, 0.6) is 0 Å². The number of rotatable bonds is 1. The molecule has 132 valence electrons. The molecular weight excluding hydrogens is 318 g/mol. The predicted octanol–water partition coefficient (Wildman–Crippen LogP) is 2.07. The first-order chi connectivity index (χ1) is 12.1. The van der Waals surface area contributed by atoms with E-state index in [9.17, 15) is 4.79 Å². The van der Waals surface area contributed by atoms with E-state index < -0.39 is 0 Å². The molecule has 5 heterocycles. The van der Waals surface area contributed by atoms with Gasteiger partial charge in [0.25, 0.3) is 5.71 Å². The number of amides is 1. The van der Waals surface area contributed by atoms with Gasteiger partial charge in [0, 0.05) is 32.1 Å². The zero-order valence-corrected chi connectivity index (χ0v) is 14.7. The standard InChI is InChI=1S/C18H23N5O2/c1-10-16-17(19-11(2)20-18(16)25-21-10)22-7-12-6-13(9-22)14-4-3-5-15(24)23(14)8-12/h12-14H,3-9H2,1-2H3/t12-,13+,14+/m1/s1. The molecule has 2 aromatic heterocycles. The number of aromatic nitrogens is 3. The van der Waals surface area contributed by atoms with E-state index in [0.717, 1.165) is 55.8 Å². The summed E-state index contributed by atoms with van der Waals surface area (Å²) in [5.41, 5.74) is 1.42. The van der Waals surface area contributed by atoms with Crippen LogP contribution in [0.25, 0.3) is 11.1 Å². The maximum absolute atomic E-state index is 12.3. The Kier molecular flexibility index (Phi) is 3.27. The van der Waals surface area contributed by atoms with Crippen LogP contribution >= 0.6 is 0 Å². The minimum atomic E-state index is 0.356.